The molecule has 11 nitrogen and oxygen atoms in total. The second-order valence-electron chi connectivity index (χ2n) is 13.4. The third kappa shape index (κ3) is 5.42. The van der Waals surface area contributed by atoms with Crippen LogP contribution in [0.25, 0.3) is 0 Å². The molecule has 4 amide bonds. The Hall–Kier alpha value is -3.72. The molecule has 12 heteroatoms. The number of para-hydroxylation sites is 1. The molecule has 1 aromatic rings. The Bertz CT molecular complexity index is 1330. The van der Waals surface area contributed by atoms with Gasteiger partial charge in [0.2, 0.25) is 17.7 Å². The van der Waals surface area contributed by atoms with Crippen molar-refractivity contribution in [3.05, 3.63) is 24.0 Å². The van der Waals surface area contributed by atoms with E-state index in [1.54, 1.807) is 0 Å². The van der Waals surface area contributed by atoms with Crippen molar-refractivity contribution in [1.29, 1.82) is 5.26 Å². The van der Waals surface area contributed by atoms with Crippen LogP contribution in [0.2, 0.25) is 0 Å². The van der Waals surface area contributed by atoms with Gasteiger partial charge in [0.15, 0.2) is 17.7 Å². The van der Waals surface area contributed by atoms with Crippen LogP contribution >= 0.6 is 0 Å². The average Bonchev–Trinajstić information content (AvgIpc) is 3.37. The topological polar surface area (TPSA) is 150 Å². The molecule has 226 valence electrons. The summed E-state index contributed by atoms with van der Waals surface area (Å²) >= 11 is 0. The normalized spacial score (nSPS) is 28.7. The summed E-state index contributed by atoms with van der Waals surface area (Å²) in [6, 6.07) is 3.28. The summed E-state index contributed by atoms with van der Waals surface area (Å²) in [5.74, 6) is -2.83. The van der Waals surface area contributed by atoms with Gasteiger partial charge in [-0.3, -0.25) is 19.2 Å². The summed E-state index contributed by atoms with van der Waals surface area (Å²) in [7, 11) is 0. The lowest BCUT2D eigenvalue weighted by Crippen LogP contribution is -2.60. The Kier molecular flexibility index (Phi) is 7.68. The van der Waals surface area contributed by atoms with Crippen molar-refractivity contribution in [2.75, 3.05) is 25.1 Å². The van der Waals surface area contributed by atoms with Crippen LogP contribution in [0, 0.1) is 45.7 Å². The summed E-state index contributed by atoms with van der Waals surface area (Å²) in [4.78, 5) is 54.9. The maximum absolute atomic E-state index is 14.3. The van der Waals surface area contributed by atoms with Crippen LogP contribution in [-0.4, -0.2) is 72.5 Å². The molecule has 0 radical (unpaired) electrons. The van der Waals surface area contributed by atoms with E-state index >= 15 is 0 Å². The summed E-state index contributed by atoms with van der Waals surface area (Å²) in [6.45, 7) is 10.8. The number of nitriles is 1. The van der Waals surface area contributed by atoms with Gasteiger partial charge in [-0.05, 0) is 41.2 Å². The third-order valence-electron chi connectivity index (χ3n) is 9.16. The van der Waals surface area contributed by atoms with E-state index < -0.39 is 47.3 Å². The van der Waals surface area contributed by atoms with Gasteiger partial charge >= 0.3 is 0 Å². The highest BCUT2D eigenvalue weighted by Gasteiger charge is 2.69. The van der Waals surface area contributed by atoms with Crippen molar-refractivity contribution in [3.63, 3.8) is 0 Å². The summed E-state index contributed by atoms with van der Waals surface area (Å²) in [5.41, 5.74) is -0.630. The van der Waals surface area contributed by atoms with Crippen molar-refractivity contribution in [1.82, 2.24) is 15.5 Å². The lowest BCUT2D eigenvalue weighted by molar-refractivity contribution is -0.146. The number of rotatable bonds is 7. The van der Waals surface area contributed by atoms with E-state index in [-0.39, 0.29) is 52.8 Å². The minimum atomic E-state index is -1.20. The standard InChI is InChI=1S/C30H38FN5O6/c1-29(2,3)24(35-25(37)15-9-10-41-14-15)28(40)36-13-17-21(30(17,4)5)22(36)27(39)33-16(12-32)11-20-26(38)34-19-8-6-7-18(31)23(19)42-20/h6-8,15-17,20-22,24H,9-11,13-14H2,1-5H3,(H,33,39)(H,34,38)(H,35,37)/t15-,16-,17-,20-,21-,22-,24+/m0/s1. The maximum atomic E-state index is 14.3. The van der Waals surface area contributed by atoms with Gasteiger partial charge in [0.05, 0.1) is 24.3 Å². The lowest BCUT2D eigenvalue weighted by Gasteiger charge is -2.38. The first-order chi connectivity index (χ1) is 19.7. The van der Waals surface area contributed by atoms with Crippen molar-refractivity contribution in [3.8, 4) is 11.8 Å². The second-order valence-corrected chi connectivity index (χ2v) is 13.4. The monoisotopic (exact) mass is 583 g/mol. The van der Waals surface area contributed by atoms with Crippen LogP contribution in [0.5, 0.6) is 5.75 Å². The SMILES string of the molecule is CC(C)(C)[C@H](NC(=O)[C@H]1CCOC1)C(=O)N1C[C@H]2[C@@H]([C@H]1C(=O)N[C@H](C#N)C[C@@H]1Oc3c(F)cccc3NC1=O)C2(C)C. The number of carbonyl (C=O) groups excluding carboxylic acids is 4. The predicted octanol–water partition coefficient (Wildman–Crippen LogP) is 1.97. The van der Waals surface area contributed by atoms with Gasteiger partial charge in [-0.1, -0.05) is 40.7 Å². The number of amides is 4. The Labute approximate surface area is 244 Å². The molecule has 3 aliphatic heterocycles. The second kappa shape index (κ2) is 10.8. The number of benzene rings is 1. The summed E-state index contributed by atoms with van der Waals surface area (Å²) in [6.07, 6.45) is -0.837. The number of likely N-dealkylation sites (tertiary alicyclic amines) is 1. The zero-order chi connectivity index (χ0) is 30.6. The zero-order valence-electron chi connectivity index (χ0n) is 24.5. The highest BCUT2D eigenvalue weighted by atomic mass is 19.1. The van der Waals surface area contributed by atoms with Crippen molar-refractivity contribution >= 4 is 29.3 Å². The van der Waals surface area contributed by atoms with Crippen molar-refractivity contribution in [2.45, 2.75) is 71.7 Å². The van der Waals surface area contributed by atoms with E-state index in [0.717, 1.165) is 0 Å². The molecule has 0 bridgehead atoms. The van der Waals surface area contributed by atoms with Gasteiger partial charge in [0.25, 0.3) is 5.91 Å². The highest BCUT2D eigenvalue weighted by molar-refractivity contribution is 5.98. The molecule has 7 atom stereocenters. The van der Waals surface area contributed by atoms with Gasteiger partial charge < -0.3 is 30.3 Å². The molecule has 3 fully saturated rings. The minimum Gasteiger partial charge on any atom is -0.475 e. The van der Waals surface area contributed by atoms with Gasteiger partial charge in [0.1, 0.15) is 18.1 Å². The predicted molar refractivity (Wildman–Crippen MR) is 148 cm³/mol. The number of hydrogen-bond donors (Lipinski definition) is 3. The van der Waals surface area contributed by atoms with Crippen LogP contribution in [-0.2, 0) is 23.9 Å². The quantitative estimate of drug-likeness (QED) is 0.444. The van der Waals surface area contributed by atoms with E-state index in [2.05, 4.69) is 16.0 Å². The van der Waals surface area contributed by atoms with E-state index in [4.69, 9.17) is 9.47 Å². The number of ether oxygens (including phenoxy) is 2. The number of fused-ring (bicyclic) bond motifs is 2. The average molecular weight is 584 g/mol. The summed E-state index contributed by atoms with van der Waals surface area (Å²) < 4.78 is 25.2. The molecule has 0 spiro atoms. The Balaban J connectivity index is 1.31. The van der Waals surface area contributed by atoms with Crippen molar-refractivity contribution in [2.24, 2.45) is 28.6 Å². The molecule has 3 heterocycles. The van der Waals surface area contributed by atoms with Crippen LogP contribution in [0.15, 0.2) is 18.2 Å². The number of anilines is 1. The van der Waals surface area contributed by atoms with Crippen LogP contribution in [0.1, 0.15) is 47.5 Å². The fourth-order valence-corrected chi connectivity index (χ4v) is 6.54. The first-order valence-corrected chi connectivity index (χ1v) is 14.4. The van der Waals surface area contributed by atoms with Crippen LogP contribution in [0.4, 0.5) is 10.1 Å². The van der Waals surface area contributed by atoms with E-state index in [0.29, 0.717) is 26.2 Å². The number of carbonyl (C=O) groups is 4. The maximum Gasteiger partial charge on any atom is 0.265 e. The van der Waals surface area contributed by atoms with Gasteiger partial charge in [0, 0.05) is 19.6 Å². The molecule has 0 unspecified atom stereocenters. The van der Waals surface area contributed by atoms with Gasteiger partial charge in [-0.15, -0.1) is 0 Å². The largest absolute Gasteiger partial charge is 0.475 e. The number of nitrogens with one attached hydrogen (secondary N) is 3. The molecule has 5 rings (SSSR count). The molecular formula is C30H38FN5O6. The molecule has 0 aromatic heterocycles. The smallest absolute Gasteiger partial charge is 0.265 e. The number of nitrogens with zero attached hydrogens (tertiary/aromatic N) is 2. The van der Waals surface area contributed by atoms with Crippen LogP contribution < -0.4 is 20.7 Å². The zero-order valence-corrected chi connectivity index (χ0v) is 24.5. The third-order valence-corrected chi connectivity index (χ3v) is 9.16. The lowest BCUT2D eigenvalue weighted by atomic mass is 9.84. The molecular weight excluding hydrogens is 545 g/mol. The number of hydrogen-bond acceptors (Lipinski definition) is 7. The molecule has 3 N–H and O–H groups in total. The van der Waals surface area contributed by atoms with E-state index in [9.17, 15) is 28.8 Å². The van der Waals surface area contributed by atoms with E-state index in [1.807, 2.05) is 40.7 Å². The molecule has 1 aromatic carbocycles. The highest BCUT2D eigenvalue weighted by Crippen LogP contribution is 2.65. The number of halogens is 1. The first kappa shape index (κ1) is 29.8. The van der Waals surface area contributed by atoms with Crippen molar-refractivity contribution < 1.29 is 33.0 Å². The van der Waals surface area contributed by atoms with E-state index in [1.165, 1.54) is 23.1 Å². The Morgan fingerprint density at radius 2 is 1.98 bits per heavy atom. The van der Waals surface area contributed by atoms with Crippen LogP contribution in [0.3, 0.4) is 0 Å². The fourth-order valence-electron chi connectivity index (χ4n) is 6.54. The molecule has 42 heavy (non-hydrogen) atoms. The number of piperidine rings is 1. The van der Waals surface area contributed by atoms with Gasteiger partial charge in [-0.25, -0.2) is 4.39 Å². The molecule has 4 aliphatic rings. The van der Waals surface area contributed by atoms with Gasteiger partial charge in [-0.2, -0.15) is 5.26 Å². The Morgan fingerprint density at radius 3 is 2.62 bits per heavy atom. The molecule has 2 saturated heterocycles. The molecule has 1 saturated carbocycles. The fraction of sp³-hybridized carbons (Fsp3) is 0.633. The summed E-state index contributed by atoms with van der Waals surface area (Å²) in [5, 5.41) is 18.1. The Morgan fingerprint density at radius 1 is 1.24 bits per heavy atom. The first-order valence-electron chi connectivity index (χ1n) is 14.4. The molecule has 1 aliphatic carbocycles. The minimum absolute atomic E-state index is 0.0872.